The van der Waals surface area contributed by atoms with Crippen LogP contribution in [-0.2, 0) is 0 Å². The molecule has 0 amide bonds. The maximum Gasteiger partial charge on any atom is 0.0120 e. The Morgan fingerprint density at radius 2 is 1.56 bits per heavy atom. The summed E-state index contributed by atoms with van der Waals surface area (Å²) in [7, 11) is 0. The fourth-order valence-electron chi connectivity index (χ4n) is 3.42. The molecule has 0 spiro atoms. The summed E-state index contributed by atoms with van der Waals surface area (Å²) in [6.07, 6.45) is 11.2. The van der Waals surface area contributed by atoms with E-state index in [4.69, 9.17) is 0 Å². The van der Waals surface area contributed by atoms with Gasteiger partial charge in [0.2, 0.25) is 0 Å². The molecule has 0 atom stereocenters. The van der Waals surface area contributed by atoms with Crippen LogP contribution in [0.25, 0.3) is 0 Å². The standard InChI is InChI=1S/C15H30N2S/c18-14-6-2-3-9-16-12-7-15(8-13-16)17-10-4-1-5-11-17/h15,18H,1-14H2. The first kappa shape index (κ1) is 14.7. The Morgan fingerprint density at radius 3 is 2.22 bits per heavy atom. The lowest BCUT2D eigenvalue weighted by Crippen LogP contribution is -2.46. The van der Waals surface area contributed by atoms with Crippen molar-refractivity contribution >= 4 is 12.6 Å². The van der Waals surface area contributed by atoms with Crippen LogP contribution in [0.1, 0.15) is 51.4 Å². The maximum absolute atomic E-state index is 4.27. The highest BCUT2D eigenvalue weighted by Gasteiger charge is 2.24. The number of piperidine rings is 2. The molecule has 0 aromatic carbocycles. The van der Waals surface area contributed by atoms with Crippen LogP contribution in [0.2, 0.25) is 0 Å². The van der Waals surface area contributed by atoms with Gasteiger partial charge in [-0.15, -0.1) is 0 Å². The van der Waals surface area contributed by atoms with Crippen LogP contribution in [0.15, 0.2) is 0 Å². The molecule has 0 aliphatic carbocycles. The Balaban J connectivity index is 1.58. The summed E-state index contributed by atoms with van der Waals surface area (Å²) < 4.78 is 0. The summed E-state index contributed by atoms with van der Waals surface area (Å²) in [5.74, 6) is 1.05. The van der Waals surface area contributed by atoms with Crippen molar-refractivity contribution in [2.45, 2.75) is 57.4 Å². The number of likely N-dealkylation sites (tertiary alicyclic amines) is 2. The van der Waals surface area contributed by atoms with E-state index in [1.807, 2.05) is 0 Å². The Bertz CT molecular complexity index is 209. The third kappa shape index (κ3) is 4.75. The van der Waals surface area contributed by atoms with Gasteiger partial charge < -0.3 is 9.80 Å². The fraction of sp³-hybridized carbons (Fsp3) is 1.00. The average Bonchev–Trinajstić information content (AvgIpc) is 2.45. The van der Waals surface area contributed by atoms with Crippen molar-refractivity contribution in [3.8, 4) is 0 Å². The van der Waals surface area contributed by atoms with E-state index in [1.54, 1.807) is 0 Å². The Kier molecular flexibility index (Phi) is 6.88. The van der Waals surface area contributed by atoms with Gasteiger partial charge >= 0.3 is 0 Å². The van der Waals surface area contributed by atoms with Crippen molar-refractivity contribution in [2.24, 2.45) is 0 Å². The molecular weight excluding hydrogens is 240 g/mol. The molecule has 3 heteroatoms. The van der Waals surface area contributed by atoms with Crippen molar-refractivity contribution in [1.82, 2.24) is 9.80 Å². The molecule has 2 heterocycles. The molecule has 2 fully saturated rings. The largest absolute Gasteiger partial charge is 0.303 e. The Labute approximate surface area is 119 Å². The van der Waals surface area contributed by atoms with Gasteiger partial charge in [-0.25, -0.2) is 0 Å². The molecule has 0 unspecified atom stereocenters. The van der Waals surface area contributed by atoms with Crippen LogP contribution in [-0.4, -0.2) is 54.3 Å². The summed E-state index contributed by atoms with van der Waals surface area (Å²) in [5.41, 5.74) is 0. The monoisotopic (exact) mass is 270 g/mol. The van der Waals surface area contributed by atoms with Crippen LogP contribution in [0, 0.1) is 0 Å². The quantitative estimate of drug-likeness (QED) is 0.585. The number of nitrogens with zero attached hydrogens (tertiary/aromatic N) is 2. The van der Waals surface area contributed by atoms with E-state index in [1.165, 1.54) is 84.1 Å². The lowest BCUT2D eigenvalue weighted by atomic mass is 10.00. The summed E-state index contributed by atoms with van der Waals surface area (Å²) in [4.78, 5) is 5.45. The van der Waals surface area contributed by atoms with Gasteiger partial charge in [-0.3, -0.25) is 0 Å². The van der Waals surface area contributed by atoms with Gasteiger partial charge in [0.1, 0.15) is 0 Å². The van der Waals surface area contributed by atoms with Crippen molar-refractivity contribution in [2.75, 3.05) is 38.5 Å². The maximum atomic E-state index is 4.27. The molecule has 0 bridgehead atoms. The minimum atomic E-state index is 0.902. The van der Waals surface area contributed by atoms with Crippen molar-refractivity contribution < 1.29 is 0 Å². The zero-order valence-corrected chi connectivity index (χ0v) is 12.7. The first-order chi connectivity index (χ1) is 8.90. The molecule has 0 aromatic heterocycles. The molecule has 2 aliphatic heterocycles. The van der Waals surface area contributed by atoms with Gasteiger partial charge in [0.05, 0.1) is 0 Å². The van der Waals surface area contributed by atoms with Crippen molar-refractivity contribution in [1.29, 1.82) is 0 Å². The van der Waals surface area contributed by atoms with Crippen LogP contribution in [0.4, 0.5) is 0 Å². The third-order valence-electron chi connectivity index (χ3n) is 4.60. The lowest BCUT2D eigenvalue weighted by Gasteiger charge is -2.40. The smallest absolute Gasteiger partial charge is 0.0120 e. The first-order valence-electron chi connectivity index (χ1n) is 7.97. The van der Waals surface area contributed by atoms with Gasteiger partial charge in [-0.05, 0) is 77.0 Å². The van der Waals surface area contributed by atoms with Crippen molar-refractivity contribution in [3.63, 3.8) is 0 Å². The molecule has 18 heavy (non-hydrogen) atoms. The number of thiol groups is 1. The molecular formula is C15H30N2S. The number of hydrogen-bond acceptors (Lipinski definition) is 3. The van der Waals surface area contributed by atoms with Crippen LogP contribution in [0.3, 0.4) is 0 Å². The topological polar surface area (TPSA) is 6.48 Å². The second kappa shape index (κ2) is 8.44. The minimum Gasteiger partial charge on any atom is -0.303 e. The predicted molar refractivity (Wildman–Crippen MR) is 82.6 cm³/mol. The fourth-order valence-corrected chi connectivity index (χ4v) is 3.64. The van der Waals surface area contributed by atoms with Gasteiger partial charge in [0.25, 0.3) is 0 Å². The van der Waals surface area contributed by atoms with E-state index in [0.29, 0.717) is 0 Å². The van der Waals surface area contributed by atoms with E-state index in [0.717, 1.165) is 11.8 Å². The van der Waals surface area contributed by atoms with Crippen LogP contribution >= 0.6 is 12.6 Å². The van der Waals surface area contributed by atoms with Gasteiger partial charge in [0, 0.05) is 6.04 Å². The van der Waals surface area contributed by atoms with Crippen LogP contribution < -0.4 is 0 Å². The Morgan fingerprint density at radius 1 is 0.833 bits per heavy atom. The van der Waals surface area contributed by atoms with E-state index in [-0.39, 0.29) is 0 Å². The number of unbranched alkanes of at least 4 members (excludes halogenated alkanes) is 2. The van der Waals surface area contributed by atoms with E-state index < -0.39 is 0 Å². The van der Waals surface area contributed by atoms with E-state index in [2.05, 4.69) is 22.4 Å². The zero-order valence-electron chi connectivity index (χ0n) is 11.8. The highest BCUT2D eigenvalue weighted by Crippen LogP contribution is 2.21. The third-order valence-corrected chi connectivity index (χ3v) is 4.91. The molecule has 106 valence electrons. The minimum absolute atomic E-state index is 0.902. The molecule has 2 rings (SSSR count). The summed E-state index contributed by atoms with van der Waals surface area (Å²) >= 11 is 4.27. The molecule has 0 saturated carbocycles. The van der Waals surface area contributed by atoms with Crippen molar-refractivity contribution in [3.05, 3.63) is 0 Å². The van der Waals surface area contributed by atoms with E-state index in [9.17, 15) is 0 Å². The first-order valence-corrected chi connectivity index (χ1v) is 8.60. The van der Waals surface area contributed by atoms with Gasteiger partial charge in [-0.1, -0.05) is 12.8 Å². The molecule has 2 aliphatic rings. The molecule has 0 aromatic rings. The number of hydrogen-bond donors (Lipinski definition) is 1. The average molecular weight is 270 g/mol. The summed E-state index contributed by atoms with van der Waals surface area (Å²) in [6.45, 7) is 6.73. The normalized spacial score (nSPS) is 24.5. The molecule has 2 saturated heterocycles. The highest BCUT2D eigenvalue weighted by molar-refractivity contribution is 7.80. The van der Waals surface area contributed by atoms with Gasteiger partial charge in [-0.2, -0.15) is 12.6 Å². The molecule has 0 N–H and O–H groups in total. The zero-order chi connectivity index (χ0) is 12.6. The van der Waals surface area contributed by atoms with Gasteiger partial charge in [0.15, 0.2) is 0 Å². The summed E-state index contributed by atoms with van der Waals surface area (Å²) in [6, 6.07) is 0.902. The SMILES string of the molecule is SCCCCCN1CCC(N2CCCCC2)CC1. The predicted octanol–water partition coefficient (Wildman–Crippen LogP) is 3.04. The Hall–Kier alpha value is 0.270. The molecule has 0 radical (unpaired) electrons. The summed E-state index contributed by atoms with van der Waals surface area (Å²) in [5, 5.41) is 0. The molecule has 2 nitrogen and oxygen atoms in total. The van der Waals surface area contributed by atoms with E-state index >= 15 is 0 Å². The highest BCUT2D eigenvalue weighted by atomic mass is 32.1. The van der Waals surface area contributed by atoms with Crippen LogP contribution in [0.5, 0.6) is 0 Å². The second-order valence-electron chi connectivity index (χ2n) is 5.95. The number of rotatable bonds is 6. The second-order valence-corrected chi connectivity index (χ2v) is 6.40. The lowest BCUT2D eigenvalue weighted by molar-refractivity contribution is 0.0919.